The first-order valence-electron chi connectivity index (χ1n) is 5.26. The summed E-state index contributed by atoms with van der Waals surface area (Å²) in [5.41, 5.74) is -0.334. The predicted octanol–water partition coefficient (Wildman–Crippen LogP) is 2.18. The van der Waals surface area contributed by atoms with Gasteiger partial charge in [-0.3, -0.25) is 5.32 Å². The maximum absolute atomic E-state index is 9.44. The van der Waals surface area contributed by atoms with Crippen LogP contribution < -0.4 is 5.32 Å². The van der Waals surface area contributed by atoms with E-state index in [2.05, 4.69) is 26.1 Å². The summed E-state index contributed by atoms with van der Waals surface area (Å²) in [6.07, 6.45) is 3.57. The minimum absolute atomic E-state index is 0.334. The Morgan fingerprint density at radius 3 is 2.69 bits per heavy atom. The molecule has 0 amide bonds. The van der Waals surface area contributed by atoms with Crippen LogP contribution in [0.5, 0.6) is 0 Å². The monoisotopic (exact) mass is 203 g/mol. The molecule has 0 spiro atoms. The Morgan fingerprint density at radius 1 is 1.46 bits per heavy atom. The van der Waals surface area contributed by atoms with E-state index >= 15 is 0 Å². The molecule has 0 bridgehead atoms. The molecule has 1 fully saturated rings. The van der Waals surface area contributed by atoms with E-state index in [1.54, 1.807) is 11.8 Å². The lowest BCUT2D eigenvalue weighted by atomic mass is 9.96. The normalized spacial score (nSPS) is 36.5. The summed E-state index contributed by atoms with van der Waals surface area (Å²) in [6, 6.07) is 0.514. The second-order valence-electron chi connectivity index (χ2n) is 3.96. The summed E-state index contributed by atoms with van der Waals surface area (Å²) < 4.78 is 0. The zero-order valence-electron chi connectivity index (χ0n) is 8.79. The molecule has 2 nitrogen and oxygen atoms in total. The van der Waals surface area contributed by atoms with Crippen LogP contribution in [0, 0.1) is 5.92 Å². The Labute approximate surface area is 85.5 Å². The average Bonchev–Trinajstić information content (AvgIpc) is 2.46. The van der Waals surface area contributed by atoms with Crippen LogP contribution in [0.1, 0.15) is 40.0 Å². The van der Waals surface area contributed by atoms with E-state index in [0.29, 0.717) is 11.3 Å². The van der Waals surface area contributed by atoms with Gasteiger partial charge < -0.3 is 5.11 Å². The van der Waals surface area contributed by atoms with Crippen LogP contribution in [-0.2, 0) is 0 Å². The molecule has 0 aliphatic carbocycles. The zero-order valence-corrected chi connectivity index (χ0v) is 9.60. The van der Waals surface area contributed by atoms with Crippen LogP contribution in [-0.4, -0.2) is 22.0 Å². The number of hydrogen-bond donors (Lipinski definition) is 2. The van der Waals surface area contributed by atoms with Crippen LogP contribution in [0.25, 0.3) is 0 Å². The Morgan fingerprint density at radius 2 is 2.15 bits per heavy atom. The molecule has 2 N–H and O–H groups in total. The fourth-order valence-electron chi connectivity index (χ4n) is 1.79. The first-order chi connectivity index (χ1) is 6.17. The van der Waals surface area contributed by atoms with E-state index in [9.17, 15) is 5.11 Å². The van der Waals surface area contributed by atoms with Crippen molar-refractivity contribution in [3.8, 4) is 0 Å². The Balaban J connectivity index is 2.39. The molecule has 1 saturated heterocycles. The molecule has 3 heteroatoms. The summed E-state index contributed by atoms with van der Waals surface area (Å²) >= 11 is 1.67. The predicted molar refractivity (Wildman–Crippen MR) is 58.7 cm³/mol. The third-order valence-corrected chi connectivity index (χ3v) is 4.27. The third kappa shape index (κ3) is 3.15. The Bertz CT molecular complexity index is 154. The molecule has 0 radical (unpaired) electrons. The average molecular weight is 203 g/mol. The molecule has 3 unspecified atom stereocenters. The smallest absolute Gasteiger partial charge is 0.153 e. The number of thioether (sulfide) groups is 1. The van der Waals surface area contributed by atoms with Crippen LogP contribution in [0.2, 0.25) is 0 Å². The summed E-state index contributed by atoms with van der Waals surface area (Å²) in [6.45, 7) is 6.70. The highest BCUT2D eigenvalue weighted by molar-refractivity contribution is 8.00. The second kappa shape index (κ2) is 5.23. The second-order valence-corrected chi connectivity index (χ2v) is 5.28. The highest BCUT2D eigenvalue weighted by Crippen LogP contribution is 2.31. The largest absolute Gasteiger partial charge is 0.369 e. The van der Waals surface area contributed by atoms with Gasteiger partial charge in [-0.05, 0) is 18.8 Å². The van der Waals surface area contributed by atoms with E-state index in [1.807, 2.05) is 0 Å². The molecule has 0 saturated carbocycles. The van der Waals surface area contributed by atoms with Crippen LogP contribution in [0.15, 0.2) is 0 Å². The molecule has 78 valence electrons. The van der Waals surface area contributed by atoms with Crippen LogP contribution >= 0.6 is 11.8 Å². The van der Waals surface area contributed by atoms with E-state index in [1.165, 1.54) is 12.8 Å². The topological polar surface area (TPSA) is 32.3 Å². The van der Waals surface area contributed by atoms with Gasteiger partial charge in [0.2, 0.25) is 0 Å². The quantitative estimate of drug-likeness (QED) is 0.734. The lowest BCUT2D eigenvalue weighted by Crippen LogP contribution is -2.34. The molecule has 1 aliphatic rings. The van der Waals surface area contributed by atoms with Crippen molar-refractivity contribution in [2.24, 2.45) is 5.92 Å². The van der Waals surface area contributed by atoms with Gasteiger partial charge >= 0.3 is 0 Å². The fourth-order valence-corrected chi connectivity index (χ4v) is 2.95. The highest BCUT2D eigenvalue weighted by Gasteiger charge is 2.32. The summed E-state index contributed by atoms with van der Waals surface area (Å²) in [7, 11) is 0. The lowest BCUT2D eigenvalue weighted by molar-refractivity contribution is 0.211. The van der Waals surface area contributed by atoms with Gasteiger partial charge in [0.25, 0.3) is 0 Å². The highest BCUT2D eigenvalue weighted by atomic mass is 32.2. The number of hydrogen-bond acceptors (Lipinski definition) is 3. The Hall–Kier alpha value is 0.270. The van der Waals surface area contributed by atoms with Crippen molar-refractivity contribution in [2.75, 3.05) is 0 Å². The molecule has 1 heterocycles. The van der Waals surface area contributed by atoms with E-state index in [0.717, 1.165) is 12.3 Å². The molecule has 0 aromatic heterocycles. The standard InChI is InChI=1S/C10H21NOS/c1-4-7(3)6-8-9(5-2)13-10(12)11-8/h7-12H,4-6H2,1-3H3/t7?,8?,9?,10-/m1/s1. The first-order valence-corrected chi connectivity index (χ1v) is 6.21. The van der Waals surface area contributed by atoms with Crippen molar-refractivity contribution in [3.63, 3.8) is 0 Å². The molecule has 13 heavy (non-hydrogen) atoms. The van der Waals surface area contributed by atoms with E-state index in [-0.39, 0.29) is 5.56 Å². The summed E-state index contributed by atoms with van der Waals surface area (Å²) in [5, 5.41) is 13.3. The van der Waals surface area contributed by atoms with Crippen LogP contribution in [0.3, 0.4) is 0 Å². The minimum atomic E-state index is -0.334. The molecule has 0 aromatic rings. The van der Waals surface area contributed by atoms with Crippen LogP contribution in [0.4, 0.5) is 0 Å². The molecule has 1 aliphatic heterocycles. The van der Waals surface area contributed by atoms with Crippen molar-refractivity contribution >= 4 is 11.8 Å². The van der Waals surface area contributed by atoms with Gasteiger partial charge in [0.1, 0.15) is 0 Å². The van der Waals surface area contributed by atoms with Gasteiger partial charge in [-0.25, -0.2) is 0 Å². The summed E-state index contributed by atoms with van der Waals surface area (Å²) in [4.78, 5) is 0. The minimum Gasteiger partial charge on any atom is -0.369 e. The van der Waals surface area contributed by atoms with Gasteiger partial charge in [0, 0.05) is 11.3 Å². The van der Waals surface area contributed by atoms with E-state index in [4.69, 9.17) is 0 Å². The number of rotatable bonds is 4. The molecule has 1 rings (SSSR count). The van der Waals surface area contributed by atoms with Crippen molar-refractivity contribution in [1.82, 2.24) is 5.32 Å². The molecule has 4 atom stereocenters. The number of nitrogens with one attached hydrogen (secondary N) is 1. The van der Waals surface area contributed by atoms with Gasteiger partial charge in [-0.1, -0.05) is 27.2 Å². The third-order valence-electron chi connectivity index (χ3n) is 2.86. The maximum atomic E-state index is 9.44. The maximum Gasteiger partial charge on any atom is 0.153 e. The molecular formula is C10H21NOS. The zero-order chi connectivity index (χ0) is 9.84. The van der Waals surface area contributed by atoms with Crippen molar-refractivity contribution in [2.45, 2.75) is 56.9 Å². The van der Waals surface area contributed by atoms with Gasteiger partial charge in [0.15, 0.2) is 5.56 Å². The van der Waals surface area contributed by atoms with Crippen molar-refractivity contribution in [3.05, 3.63) is 0 Å². The number of aliphatic hydroxyl groups excluding tert-OH is 1. The first kappa shape index (κ1) is 11.3. The van der Waals surface area contributed by atoms with Gasteiger partial charge in [0.05, 0.1) is 0 Å². The lowest BCUT2D eigenvalue weighted by Gasteiger charge is -2.19. The molecule has 0 aromatic carbocycles. The SMILES string of the molecule is CCC(C)CC1N[C@H](O)SC1CC. The van der Waals surface area contributed by atoms with Gasteiger partial charge in [-0.2, -0.15) is 0 Å². The molecular weight excluding hydrogens is 182 g/mol. The fraction of sp³-hybridized carbons (Fsp3) is 1.00. The van der Waals surface area contributed by atoms with Crippen molar-refractivity contribution < 1.29 is 5.11 Å². The Kier molecular flexibility index (Phi) is 4.56. The number of aliphatic hydroxyl groups is 1. The van der Waals surface area contributed by atoms with Gasteiger partial charge in [-0.15, -0.1) is 11.8 Å². The summed E-state index contributed by atoms with van der Waals surface area (Å²) in [5.74, 6) is 0.762. The van der Waals surface area contributed by atoms with E-state index < -0.39 is 0 Å². The van der Waals surface area contributed by atoms with Crippen molar-refractivity contribution in [1.29, 1.82) is 0 Å².